The van der Waals surface area contributed by atoms with Crippen LogP contribution in [0.2, 0.25) is 0 Å². The van der Waals surface area contributed by atoms with Crippen LogP contribution in [0, 0.1) is 0 Å². The Kier molecular flexibility index (Phi) is 5.71. The van der Waals surface area contributed by atoms with Crippen molar-refractivity contribution >= 4 is 15.7 Å². The minimum absolute atomic E-state index is 0.0555. The van der Waals surface area contributed by atoms with Crippen molar-refractivity contribution in [1.29, 1.82) is 0 Å². The van der Waals surface area contributed by atoms with Gasteiger partial charge in [-0.15, -0.1) is 0 Å². The van der Waals surface area contributed by atoms with E-state index < -0.39 is 9.84 Å². The number of carbonyl (C=O) groups excluding carboxylic acids is 1. The van der Waals surface area contributed by atoms with Gasteiger partial charge in [0.25, 0.3) is 0 Å². The number of nitrogens with two attached hydrogens (primary N) is 1. The highest BCUT2D eigenvalue weighted by molar-refractivity contribution is 7.91. The van der Waals surface area contributed by atoms with E-state index in [0.29, 0.717) is 13.0 Å². The summed E-state index contributed by atoms with van der Waals surface area (Å²) >= 11 is 0. The van der Waals surface area contributed by atoms with Gasteiger partial charge in [-0.1, -0.05) is 0 Å². The molecule has 0 spiro atoms. The first kappa shape index (κ1) is 13.4. The molecule has 0 aromatic heterocycles. The number of amides is 1. The minimum Gasteiger partial charge on any atom is -0.349 e. The zero-order chi connectivity index (χ0) is 11.2. The molecule has 84 valence electrons. The van der Waals surface area contributed by atoms with Crippen LogP contribution >= 0.6 is 0 Å². The van der Waals surface area contributed by atoms with Crippen LogP contribution in [0.15, 0.2) is 0 Å². The van der Waals surface area contributed by atoms with Gasteiger partial charge in [-0.2, -0.15) is 0 Å². The van der Waals surface area contributed by atoms with Gasteiger partial charge < -0.3 is 10.6 Å². The van der Waals surface area contributed by atoms with Gasteiger partial charge in [0.1, 0.15) is 0 Å². The number of hydrogen-bond donors (Lipinski definition) is 1. The fourth-order valence-corrected chi connectivity index (χ4v) is 2.17. The van der Waals surface area contributed by atoms with E-state index in [2.05, 4.69) is 0 Å². The second-order valence-corrected chi connectivity index (χ2v) is 5.64. The predicted molar refractivity (Wildman–Crippen MR) is 55.6 cm³/mol. The molecule has 0 fully saturated rings. The van der Waals surface area contributed by atoms with E-state index >= 15 is 0 Å². The molecule has 0 heterocycles. The van der Waals surface area contributed by atoms with Crippen molar-refractivity contribution in [3.8, 4) is 0 Å². The highest BCUT2D eigenvalue weighted by atomic mass is 32.2. The van der Waals surface area contributed by atoms with Gasteiger partial charge in [0.2, 0.25) is 5.91 Å². The molecule has 0 rings (SSSR count). The van der Waals surface area contributed by atoms with E-state index in [1.807, 2.05) is 0 Å². The molecule has 1 amide bonds. The molecule has 6 heteroatoms. The average Bonchev–Trinajstić information content (AvgIpc) is 2.11. The molecule has 0 aromatic rings. The molecule has 0 bridgehead atoms. The Morgan fingerprint density at radius 3 is 2.29 bits per heavy atom. The van der Waals surface area contributed by atoms with Crippen molar-refractivity contribution in [3.05, 3.63) is 0 Å². The van der Waals surface area contributed by atoms with Crippen molar-refractivity contribution in [2.24, 2.45) is 5.73 Å². The van der Waals surface area contributed by atoms with Crippen LogP contribution in [0.4, 0.5) is 0 Å². The maximum Gasteiger partial charge on any atom is 0.223 e. The SMILES string of the molecule is CN(C)C(=O)CCS(=O)(=O)CCCN. The van der Waals surface area contributed by atoms with E-state index in [9.17, 15) is 13.2 Å². The van der Waals surface area contributed by atoms with E-state index in [1.165, 1.54) is 4.90 Å². The summed E-state index contributed by atoms with van der Waals surface area (Å²) < 4.78 is 22.6. The highest BCUT2D eigenvalue weighted by Crippen LogP contribution is 1.98. The van der Waals surface area contributed by atoms with E-state index in [4.69, 9.17) is 5.73 Å². The monoisotopic (exact) mass is 222 g/mol. The van der Waals surface area contributed by atoms with E-state index in [1.54, 1.807) is 14.1 Å². The third-order valence-corrected chi connectivity index (χ3v) is 3.52. The van der Waals surface area contributed by atoms with Crippen LogP contribution in [0.5, 0.6) is 0 Å². The number of sulfone groups is 1. The van der Waals surface area contributed by atoms with Crippen molar-refractivity contribution < 1.29 is 13.2 Å². The van der Waals surface area contributed by atoms with E-state index in [0.717, 1.165) is 0 Å². The first-order valence-electron chi connectivity index (χ1n) is 4.49. The van der Waals surface area contributed by atoms with Crippen molar-refractivity contribution in [3.63, 3.8) is 0 Å². The molecule has 0 aromatic carbocycles. The molecular formula is C8H18N2O3S. The van der Waals surface area contributed by atoms with Crippen LogP contribution in [0.3, 0.4) is 0 Å². The highest BCUT2D eigenvalue weighted by Gasteiger charge is 2.13. The van der Waals surface area contributed by atoms with Gasteiger partial charge in [-0.25, -0.2) is 8.42 Å². The zero-order valence-electron chi connectivity index (χ0n) is 8.69. The molecule has 0 aliphatic carbocycles. The molecule has 2 N–H and O–H groups in total. The Morgan fingerprint density at radius 1 is 1.29 bits per heavy atom. The lowest BCUT2D eigenvalue weighted by atomic mass is 10.4. The van der Waals surface area contributed by atoms with Crippen LogP contribution in [-0.2, 0) is 14.6 Å². The Bertz CT molecular complexity index is 272. The number of carbonyl (C=O) groups is 1. The number of rotatable bonds is 6. The molecule has 0 radical (unpaired) electrons. The maximum absolute atomic E-state index is 11.3. The zero-order valence-corrected chi connectivity index (χ0v) is 9.51. The lowest BCUT2D eigenvalue weighted by Crippen LogP contribution is -2.25. The standard InChI is InChI=1S/C8H18N2O3S/c1-10(2)8(11)4-7-14(12,13)6-3-5-9/h3-7,9H2,1-2H3. The topological polar surface area (TPSA) is 80.5 Å². The number of hydrogen-bond acceptors (Lipinski definition) is 4. The summed E-state index contributed by atoms with van der Waals surface area (Å²) in [4.78, 5) is 12.5. The van der Waals surface area contributed by atoms with Gasteiger partial charge >= 0.3 is 0 Å². The fraction of sp³-hybridized carbons (Fsp3) is 0.875. The van der Waals surface area contributed by atoms with Gasteiger partial charge in [0, 0.05) is 20.5 Å². The van der Waals surface area contributed by atoms with E-state index in [-0.39, 0.29) is 23.8 Å². The normalized spacial score (nSPS) is 11.4. The second kappa shape index (κ2) is 5.98. The minimum atomic E-state index is -3.10. The van der Waals surface area contributed by atoms with Crippen molar-refractivity contribution in [2.75, 3.05) is 32.1 Å². The molecule has 0 saturated heterocycles. The third-order valence-electron chi connectivity index (χ3n) is 1.79. The van der Waals surface area contributed by atoms with Crippen LogP contribution in [0.25, 0.3) is 0 Å². The molecule has 5 nitrogen and oxygen atoms in total. The van der Waals surface area contributed by atoms with Gasteiger partial charge in [-0.05, 0) is 13.0 Å². The van der Waals surface area contributed by atoms with Crippen LogP contribution < -0.4 is 5.73 Å². The van der Waals surface area contributed by atoms with Gasteiger partial charge in [0.05, 0.1) is 11.5 Å². The quantitative estimate of drug-likeness (QED) is 0.640. The predicted octanol–water partition coefficient (Wildman–Crippen LogP) is -0.772. The first-order valence-corrected chi connectivity index (χ1v) is 6.32. The smallest absolute Gasteiger partial charge is 0.223 e. The second-order valence-electron chi connectivity index (χ2n) is 3.33. The summed E-state index contributed by atoms with van der Waals surface area (Å²) in [5.74, 6) is -0.171. The molecule has 0 atom stereocenters. The first-order chi connectivity index (χ1) is 6.39. The lowest BCUT2D eigenvalue weighted by molar-refractivity contribution is -0.128. The summed E-state index contributed by atoms with van der Waals surface area (Å²) in [7, 11) is 0.112. The largest absolute Gasteiger partial charge is 0.349 e. The average molecular weight is 222 g/mol. The Labute approximate surface area is 85.2 Å². The summed E-state index contributed by atoms with van der Waals surface area (Å²) in [6.45, 7) is 0.362. The van der Waals surface area contributed by atoms with Gasteiger partial charge in [-0.3, -0.25) is 4.79 Å². The van der Waals surface area contributed by atoms with Gasteiger partial charge in [0.15, 0.2) is 9.84 Å². The molecule has 0 aliphatic heterocycles. The number of nitrogens with zero attached hydrogens (tertiary/aromatic N) is 1. The molecular weight excluding hydrogens is 204 g/mol. The summed E-state index contributed by atoms with van der Waals surface area (Å²) in [5, 5.41) is 0. The summed E-state index contributed by atoms with van der Waals surface area (Å²) in [5.41, 5.74) is 5.20. The third kappa shape index (κ3) is 5.93. The Balaban J connectivity index is 3.94. The summed E-state index contributed by atoms with van der Waals surface area (Å²) in [6, 6.07) is 0. The van der Waals surface area contributed by atoms with Crippen molar-refractivity contribution in [1.82, 2.24) is 4.90 Å². The van der Waals surface area contributed by atoms with Crippen LogP contribution in [0.1, 0.15) is 12.8 Å². The maximum atomic E-state index is 11.3. The fourth-order valence-electron chi connectivity index (χ4n) is 0.872. The molecule has 0 unspecified atom stereocenters. The Hall–Kier alpha value is -0.620. The van der Waals surface area contributed by atoms with Crippen molar-refractivity contribution in [2.45, 2.75) is 12.8 Å². The lowest BCUT2D eigenvalue weighted by Gasteiger charge is -2.09. The molecule has 14 heavy (non-hydrogen) atoms. The summed E-state index contributed by atoms with van der Waals surface area (Å²) in [6.07, 6.45) is 0.512. The Morgan fingerprint density at radius 2 is 1.86 bits per heavy atom. The van der Waals surface area contributed by atoms with Crippen LogP contribution in [-0.4, -0.2) is 51.4 Å². The molecule has 0 saturated carbocycles. The molecule has 0 aliphatic rings.